The molecule has 0 aliphatic carbocycles. The van der Waals surface area contributed by atoms with Gasteiger partial charge < -0.3 is 0 Å². The summed E-state index contributed by atoms with van der Waals surface area (Å²) in [5.41, 5.74) is 5.95. The quantitative estimate of drug-likeness (QED) is 0.778. The summed E-state index contributed by atoms with van der Waals surface area (Å²) in [7, 11) is 0. The fourth-order valence-corrected chi connectivity index (χ4v) is 2.99. The molecule has 0 spiro atoms. The van der Waals surface area contributed by atoms with Gasteiger partial charge in [-0.1, -0.05) is 55.5 Å². The monoisotopic (exact) mass is 331 g/mol. The number of hydrogen-bond donors (Lipinski definition) is 0. The molecular formula is C18H22BrN. The molecule has 0 fully saturated rings. The zero-order valence-corrected chi connectivity index (χ0v) is 13.7. The van der Waals surface area contributed by atoms with Gasteiger partial charge >= 0.3 is 0 Å². The Morgan fingerprint density at radius 1 is 0.800 bits per heavy atom. The van der Waals surface area contributed by atoms with Crippen molar-refractivity contribution in [1.29, 1.82) is 0 Å². The minimum absolute atomic E-state index is 0. The zero-order valence-electron chi connectivity index (χ0n) is 12.0. The largest absolute Gasteiger partial charge is 0.295 e. The summed E-state index contributed by atoms with van der Waals surface area (Å²) in [5.74, 6) is 0. The number of rotatable bonds is 2. The number of halogens is 1. The first-order chi connectivity index (χ1) is 9.36. The predicted octanol–water partition coefficient (Wildman–Crippen LogP) is 4.58. The van der Waals surface area contributed by atoms with E-state index in [0.717, 1.165) is 19.5 Å². The SMILES string of the molecule is Br.CCCN1Cc2ccccc2Cc2ccccc2C1. The molecule has 0 unspecified atom stereocenters. The minimum Gasteiger partial charge on any atom is -0.295 e. The Bertz CT molecular complexity index is 517. The van der Waals surface area contributed by atoms with Crippen LogP contribution in [-0.2, 0) is 19.5 Å². The van der Waals surface area contributed by atoms with Crippen LogP contribution in [0, 0.1) is 0 Å². The molecular weight excluding hydrogens is 310 g/mol. The van der Waals surface area contributed by atoms with Gasteiger partial charge in [0.2, 0.25) is 0 Å². The highest BCUT2D eigenvalue weighted by Crippen LogP contribution is 2.24. The summed E-state index contributed by atoms with van der Waals surface area (Å²) >= 11 is 0. The van der Waals surface area contributed by atoms with Gasteiger partial charge in [-0.2, -0.15) is 0 Å². The molecule has 3 rings (SSSR count). The molecule has 2 aromatic carbocycles. The molecule has 2 heteroatoms. The van der Waals surface area contributed by atoms with E-state index in [0.29, 0.717) is 0 Å². The Kier molecular flexibility index (Phi) is 5.38. The first kappa shape index (κ1) is 15.3. The molecule has 106 valence electrons. The van der Waals surface area contributed by atoms with E-state index in [-0.39, 0.29) is 17.0 Å². The molecule has 20 heavy (non-hydrogen) atoms. The van der Waals surface area contributed by atoms with Crippen molar-refractivity contribution in [1.82, 2.24) is 4.90 Å². The van der Waals surface area contributed by atoms with Crippen molar-refractivity contribution in [3.63, 3.8) is 0 Å². The van der Waals surface area contributed by atoms with Crippen molar-refractivity contribution in [2.75, 3.05) is 6.54 Å². The van der Waals surface area contributed by atoms with E-state index in [9.17, 15) is 0 Å². The molecule has 0 N–H and O–H groups in total. The topological polar surface area (TPSA) is 3.24 Å². The highest BCUT2D eigenvalue weighted by atomic mass is 79.9. The van der Waals surface area contributed by atoms with E-state index in [1.807, 2.05) is 0 Å². The third-order valence-electron chi connectivity index (χ3n) is 3.95. The highest BCUT2D eigenvalue weighted by Gasteiger charge is 2.15. The van der Waals surface area contributed by atoms with Crippen LogP contribution in [0.3, 0.4) is 0 Å². The molecule has 0 aromatic heterocycles. The van der Waals surface area contributed by atoms with Crippen LogP contribution in [0.1, 0.15) is 35.6 Å². The second kappa shape index (κ2) is 7.05. The van der Waals surface area contributed by atoms with Gasteiger partial charge in [0, 0.05) is 13.1 Å². The summed E-state index contributed by atoms with van der Waals surface area (Å²) < 4.78 is 0. The molecule has 1 heterocycles. The molecule has 2 aromatic rings. The Labute approximate surface area is 132 Å². The third-order valence-corrected chi connectivity index (χ3v) is 3.95. The lowest BCUT2D eigenvalue weighted by molar-refractivity contribution is 0.254. The summed E-state index contributed by atoms with van der Waals surface area (Å²) in [5, 5.41) is 0. The minimum atomic E-state index is 0. The van der Waals surface area contributed by atoms with Crippen LogP contribution in [0.25, 0.3) is 0 Å². The highest BCUT2D eigenvalue weighted by molar-refractivity contribution is 8.93. The average molecular weight is 332 g/mol. The van der Waals surface area contributed by atoms with Crippen LogP contribution < -0.4 is 0 Å². The van der Waals surface area contributed by atoms with Gasteiger partial charge in [-0.3, -0.25) is 4.90 Å². The second-order valence-corrected chi connectivity index (χ2v) is 5.42. The summed E-state index contributed by atoms with van der Waals surface area (Å²) in [6.45, 7) is 5.59. The Morgan fingerprint density at radius 3 is 1.70 bits per heavy atom. The van der Waals surface area contributed by atoms with E-state index in [4.69, 9.17) is 0 Å². The molecule has 0 saturated heterocycles. The van der Waals surface area contributed by atoms with E-state index in [1.165, 1.54) is 35.2 Å². The maximum Gasteiger partial charge on any atom is 0.0240 e. The van der Waals surface area contributed by atoms with Gasteiger partial charge in [0.05, 0.1) is 0 Å². The summed E-state index contributed by atoms with van der Waals surface area (Å²) in [4.78, 5) is 2.57. The number of fused-ring (bicyclic) bond motifs is 2. The fraction of sp³-hybridized carbons (Fsp3) is 0.333. The summed E-state index contributed by atoms with van der Waals surface area (Å²) in [6.07, 6.45) is 2.29. The molecule has 1 nitrogen and oxygen atoms in total. The van der Waals surface area contributed by atoms with Crippen molar-refractivity contribution in [3.05, 3.63) is 70.8 Å². The molecule has 0 radical (unpaired) electrons. The van der Waals surface area contributed by atoms with Crippen molar-refractivity contribution in [2.24, 2.45) is 0 Å². The Balaban J connectivity index is 0.00000147. The molecule has 0 bridgehead atoms. The van der Waals surface area contributed by atoms with E-state index >= 15 is 0 Å². The maximum absolute atomic E-state index is 2.57. The first-order valence-corrected chi connectivity index (χ1v) is 7.22. The van der Waals surface area contributed by atoms with Gasteiger partial charge in [0.1, 0.15) is 0 Å². The number of nitrogens with zero attached hydrogens (tertiary/aromatic N) is 1. The van der Waals surface area contributed by atoms with Gasteiger partial charge in [-0.15, -0.1) is 17.0 Å². The smallest absolute Gasteiger partial charge is 0.0240 e. The normalized spacial score (nSPS) is 14.4. The van der Waals surface area contributed by atoms with Gasteiger partial charge in [0.25, 0.3) is 0 Å². The standard InChI is InChI=1S/C18H21N.BrH/c1-2-11-19-13-17-9-5-3-7-15(17)12-16-8-4-6-10-18(16)14-19;/h3-10H,2,11-14H2,1H3;1H. The Hall–Kier alpha value is -1.12. The predicted molar refractivity (Wildman–Crippen MR) is 90.4 cm³/mol. The first-order valence-electron chi connectivity index (χ1n) is 7.22. The number of benzene rings is 2. The van der Waals surface area contributed by atoms with Crippen molar-refractivity contribution >= 4 is 17.0 Å². The third kappa shape index (κ3) is 3.31. The van der Waals surface area contributed by atoms with E-state index in [1.54, 1.807) is 0 Å². The van der Waals surface area contributed by atoms with Crippen molar-refractivity contribution < 1.29 is 0 Å². The maximum atomic E-state index is 2.57. The van der Waals surface area contributed by atoms with Crippen LogP contribution in [0.5, 0.6) is 0 Å². The van der Waals surface area contributed by atoms with Gasteiger partial charge in [-0.25, -0.2) is 0 Å². The Morgan fingerprint density at radius 2 is 1.25 bits per heavy atom. The van der Waals surface area contributed by atoms with Crippen LogP contribution in [0.2, 0.25) is 0 Å². The lowest BCUT2D eigenvalue weighted by atomic mass is 9.94. The lowest BCUT2D eigenvalue weighted by Crippen LogP contribution is -2.26. The molecule has 0 saturated carbocycles. The van der Waals surface area contributed by atoms with Crippen molar-refractivity contribution in [3.8, 4) is 0 Å². The zero-order chi connectivity index (χ0) is 13.1. The van der Waals surface area contributed by atoms with E-state index in [2.05, 4.69) is 60.4 Å². The second-order valence-electron chi connectivity index (χ2n) is 5.42. The number of hydrogen-bond acceptors (Lipinski definition) is 1. The molecule has 1 aliphatic heterocycles. The molecule has 1 aliphatic rings. The van der Waals surface area contributed by atoms with Gasteiger partial charge in [-0.05, 0) is 41.6 Å². The summed E-state index contributed by atoms with van der Waals surface area (Å²) in [6, 6.07) is 17.8. The van der Waals surface area contributed by atoms with Crippen LogP contribution in [0.15, 0.2) is 48.5 Å². The van der Waals surface area contributed by atoms with E-state index < -0.39 is 0 Å². The van der Waals surface area contributed by atoms with Crippen LogP contribution >= 0.6 is 17.0 Å². The van der Waals surface area contributed by atoms with Gasteiger partial charge in [0.15, 0.2) is 0 Å². The average Bonchev–Trinajstić information content (AvgIpc) is 2.41. The molecule has 0 atom stereocenters. The lowest BCUT2D eigenvalue weighted by Gasteiger charge is -2.27. The fourth-order valence-electron chi connectivity index (χ4n) is 2.99. The molecule has 0 amide bonds. The van der Waals surface area contributed by atoms with Crippen LogP contribution in [0.4, 0.5) is 0 Å². The van der Waals surface area contributed by atoms with Crippen LogP contribution in [-0.4, -0.2) is 11.4 Å². The van der Waals surface area contributed by atoms with Crippen molar-refractivity contribution in [2.45, 2.75) is 32.9 Å².